The van der Waals surface area contributed by atoms with Crippen LogP contribution in [0.5, 0.6) is 0 Å². The van der Waals surface area contributed by atoms with Gasteiger partial charge < -0.3 is 0 Å². The van der Waals surface area contributed by atoms with E-state index < -0.39 is 0 Å². The normalized spacial score (nSPS) is 10.9. The average Bonchev–Trinajstić information content (AvgIpc) is 2.37. The molecule has 0 spiro atoms. The summed E-state index contributed by atoms with van der Waals surface area (Å²) in [6.45, 7) is 0. The van der Waals surface area contributed by atoms with Crippen molar-refractivity contribution < 1.29 is 0 Å². The van der Waals surface area contributed by atoms with Crippen molar-refractivity contribution in [2.24, 2.45) is 5.10 Å². The van der Waals surface area contributed by atoms with Gasteiger partial charge in [0.25, 0.3) is 0 Å². The zero-order valence-electron chi connectivity index (χ0n) is 9.37. The maximum absolute atomic E-state index is 6.02. The van der Waals surface area contributed by atoms with Crippen LogP contribution in [0.25, 0.3) is 0 Å². The van der Waals surface area contributed by atoms with Gasteiger partial charge in [-0.25, -0.2) is 4.98 Å². The number of benzene rings is 1. The van der Waals surface area contributed by atoms with Gasteiger partial charge in [0, 0.05) is 11.8 Å². The SMILES string of the molecule is Clc1cnc(N/N=C/c2cccc(Cl)c2Cl)c(Cl)c1. The number of rotatable bonds is 3. The van der Waals surface area contributed by atoms with E-state index in [-0.39, 0.29) is 0 Å². The summed E-state index contributed by atoms with van der Waals surface area (Å²) in [5, 5.41) is 5.73. The van der Waals surface area contributed by atoms with Crippen molar-refractivity contribution in [3.63, 3.8) is 0 Å². The molecule has 7 heteroatoms. The van der Waals surface area contributed by atoms with E-state index in [1.165, 1.54) is 12.4 Å². The molecule has 1 aromatic heterocycles. The fourth-order valence-electron chi connectivity index (χ4n) is 1.28. The lowest BCUT2D eigenvalue weighted by Gasteiger charge is -2.03. The molecule has 0 unspecified atom stereocenters. The van der Waals surface area contributed by atoms with Gasteiger partial charge in [-0.05, 0) is 12.1 Å². The molecule has 0 aliphatic rings. The third-order valence-corrected chi connectivity index (χ3v) is 3.49. The third kappa shape index (κ3) is 3.74. The molecule has 2 rings (SSSR count). The Labute approximate surface area is 130 Å². The molecule has 0 saturated heterocycles. The highest BCUT2D eigenvalue weighted by molar-refractivity contribution is 6.43. The molecule has 3 nitrogen and oxygen atoms in total. The summed E-state index contributed by atoms with van der Waals surface area (Å²) in [5.74, 6) is 0.403. The number of halogens is 4. The second-order valence-electron chi connectivity index (χ2n) is 3.50. The van der Waals surface area contributed by atoms with Crippen LogP contribution in [0.15, 0.2) is 35.6 Å². The molecule has 0 bridgehead atoms. The first-order valence-corrected chi connectivity index (χ1v) is 6.63. The van der Waals surface area contributed by atoms with Gasteiger partial charge in [-0.15, -0.1) is 0 Å². The Hall–Kier alpha value is -1.000. The fraction of sp³-hybridized carbons (Fsp3) is 0. The number of hydrogen-bond acceptors (Lipinski definition) is 3. The van der Waals surface area contributed by atoms with Gasteiger partial charge in [0.1, 0.15) is 0 Å². The summed E-state index contributed by atoms with van der Waals surface area (Å²) in [4.78, 5) is 4.00. The molecule has 19 heavy (non-hydrogen) atoms. The van der Waals surface area contributed by atoms with Crippen LogP contribution in [0.2, 0.25) is 20.1 Å². The third-order valence-electron chi connectivity index (χ3n) is 2.16. The smallest absolute Gasteiger partial charge is 0.165 e. The van der Waals surface area contributed by atoms with Crippen LogP contribution in [0.1, 0.15) is 5.56 Å². The van der Waals surface area contributed by atoms with E-state index in [0.717, 1.165) is 0 Å². The van der Waals surface area contributed by atoms with Crippen molar-refractivity contribution in [2.45, 2.75) is 0 Å². The van der Waals surface area contributed by atoms with Gasteiger partial charge >= 0.3 is 0 Å². The van der Waals surface area contributed by atoms with E-state index in [1.54, 1.807) is 24.3 Å². The molecular formula is C12H7Cl4N3. The number of pyridine rings is 1. The summed E-state index contributed by atoms with van der Waals surface area (Å²) in [7, 11) is 0. The molecule has 0 radical (unpaired) electrons. The summed E-state index contributed by atoms with van der Waals surface area (Å²) < 4.78 is 0. The highest BCUT2D eigenvalue weighted by Crippen LogP contribution is 2.25. The Morgan fingerprint density at radius 3 is 2.63 bits per heavy atom. The van der Waals surface area contributed by atoms with Gasteiger partial charge in [0.05, 0.1) is 26.3 Å². The minimum atomic E-state index is 0.377. The molecule has 1 N–H and O–H groups in total. The van der Waals surface area contributed by atoms with Crippen molar-refractivity contribution in [2.75, 3.05) is 5.43 Å². The fourth-order valence-corrected chi connectivity index (χ4v) is 2.06. The van der Waals surface area contributed by atoms with Crippen LogP contribution in [0, 0.1) is 0 Å². The van der Waals surface area contributed by atoms with Crippen molar-refractivity contribution in [3.8, 4) is 0 Å². The molecule has 98 valence electrons. The molecule has 0 atom stereocenters. The largest absolute Gasteiger partial charge is 0.260 e. The Kier molecular flexibility index (Phi) is 4.88. The highest BCUT2D eigenvalue weighted by atomic mass is 35.5. The van der Waals surface area contributed by atoms with Crippen LogP contribution in [0.3, 0.4) is 0 Å². The second-order valence-corrected chi connectivity index (χ2v) is 5.13. The van der Waals surface area contributed by atoms with Crippen LogP contribution in [-0.4, -0.2) is 11.2 Å². The first-order chi connectivity index (χ1) is 9.08. The zero-order valence-corrected chi connectivity index (χ0v) is 12.4. The van der Waals surface area contributed by atoms with Crippen molar-refractivity contribution in [1.82, 2.24) is 4.98 Å². The Bertz CT molecular complexity index is 628. The number of hydrogen-bond donors (Lipinski definition) is 1. The monoisotopic (exact) mass is 333 g/mol. The second kappa shape index (κ2) is 6.44. The Morgan fingerprint density at radius 1 is 1.11 bits per heavy atom. The Balaban J connectivity index is 2.14. The topological polar surface area (TPSA) is 37.3 Å². The number of hydrazone groups is 1. The van der Waals surface area contributed by atoms with Crippen molar-refractivity contribution in [3.05, 3.63) is 56.1 Å². The van der Waals surface area contributed by atoms with Gasteiger partial charge in [-0.3, -0.25) is 5.43 Å². The number of anilines is 1. The molecule has 0 saturated carbocycles. The predicted octanol–water partition coefficient (Wildman–Crippen LogP) is 5.14. The van der Waals surface area contributed by atoms with Gasteiger partial charge in [-0.2, -0.15) is 5.10 Å². The average molecular weight is 335 g/mol. The number of nitrogens with one attached hydrogen (secondary N) is 1. The molecule has 0 amide bonds. The predicted molar refractivity (Wildman–Crippen MR) is 81.9 cm³/mol. The standard InChI is InChI=1S/C12H7Cl4N3/c13-8-4-10(15)12(17-6-8)19-18-5-7-2-1-3-9(14)11(7)16/h1-6H,(H,17,19)/b18-5+. The van der Waals surface area contributed by atoms with E-state index in [4.69, 9.17) is 46.4 Å². The molecule has 0 aliphatic heterocycles. The van der Waals surface area contributed by atoms with Crippen LogP contribution in [-0.2, 0) is 0 Å². The summed E-state index contributed by atoms with van der Waals surface area (Å²) in [5.41, 5.74) is 3.39. The van der Waals surface area contributed by atoms with E-state index in [0.29, 0.717) is 31.5 Å². The lowest BCUT2D eigenvalue weighted by atomic mass is 10.2. The van der Waals surface area contributed by atoms with E-state index >= 15 is 0 Å². The molecule has 0 aliphatic carbocycles. The molecule has 0 fully saturated rings. The van der Waals surface area contributed by atoms with Crippen LogP contribution >= 0.6 is 46.4 Å². The minimum Gasteiger partial charge on any atom is -0.260 e. The first-order valence-electron chi connectivity index (χ1n) is 5.12. The maximum Gasteiger partial charge on any atom is 0.165 e. The molecular weight excluding hydrogens is 328 g/mol. The van der Waals surface area contributed by atoms with Gasteiger partial charge in [-0.1, -0.05) is 58.5 Å². The quantitative estimate of drug-likeness (QED) is 0.623. The van der Waals surface area contributed by atoms with Crippen LogP contribution < -0.4 is 5.43 Å². The molecule has 2 aromatic rings. The molecule has 1 aromatic carbocycles. The van der Waals surface area contributed by atoms with Crippen molar-refractivity contribution in [1.29, 1.82) is 0 Å². The molecule has 1 heterocycles. The summed E-state index contributed by atoms with van der Waals surface area (Å²) in [6, 6.07) is 6.84. The summed E-state index contributed by atoms with van der Waals surface area (Å²) >= 11 is 23.6. The van der Waals surface area contributed by atoms with Gasteiger partial charge in [0.15, 0.2) is 5.82 Å². The lowest BCUT2D eigenvalue weighted by Crippen LogP contribution is -1.94. The number of nitrogens with zero attached hydrogens (tertiary/aromatic N) is 2. The minimum absolute atomic E-state index is 0.377. The van der Waals surface area contributed by atoms with E-state index in [1.807, 2.05) is 0 Å². The van der Waals surface area contributed by atoms with Crippen molar-refractivity contribution >= 4 is 58.4 Å². The number of aromatic nitrogens is 1. The first kappa shape index (κ1) is 14.4. The maximum atomic E-state index is 6.02. The van der Waals surface area contributed by atoms with E-state index in [9.17, 15) is 0 Å². The zero-order chi connectivity index (χ0) is 13.8. The van der Waals surface area contributed by atoms with Crippen LogP contribution in [0.4, 0.5) is 5.82 Å². The summed E-state index contributed by atoms with van der Waals surface area (Å²) in [6.07, 6.45) is 3.00. The highest BCUT2D eigenvalue weighted by Gasteiger charge is 2.03. The Morgan fingerprint density at radius 2 is 1.89 bits per heavy atom. The van der Waals surface area contributed by atoms with Gasteiger partial charge in [0.2, 0.25) is 0 Å². The van der Waals surface area contributed by atoms with E-state index in [2.05, 4.69) is 15.5 Å². The lowest BCUT2D eigenvalue weighted by molar-refractivity contribution is 1.23.